The van der Waals surface area contributed by atoms with Gasteiger partial charge in [0.25, 0.3) is 5.91 Å². The number of carbonyl (C=O) groups is 2. The SMILES string of the molecule is CSCC[C@H](N)C(=O)N1CCN(C(=O)c2cc(C)oc2C)CC1. The van der Waals surface area contributed by atoms with Gasteiger partial charge in [-0.1, -0.05) is 0 Å². The predicted molar refractivity (Wildman–Crippen MR) is 91.6 cm³/mol. The number of amides is 2. The Bertz CT molecular complexity index is 565. The molecule has 2 N–H and O–H groups in total. The van der Waals surface area contributed by atoms with Crippen LogP contribution in [0.2, 0.25) is 0 Å². The van der Waals surface area contributed by atoms with Crippen molar-refractivity contribution in [3.63, 3.8) is 0 Å². The van der Waals surface area contributed by atoms with Crippen molar-refractivity contribution in [1.82, 2.24) is 9.80 Å². The molecule has 1 aliphatic rings. The van der Waals surface area contributed by atoms with E-state index in [2.05, 4.69) is 0 Å². The van der Waals surface area contributed by atoms with Gasteiger partial charge in [-0.15, -0.1) is 0 Å². The van der Waals surface area contributed by atoms with E-state index in [0.29, 0.717) is 43.9 Å². The quantitative estimate of drug-likeness (QED) is 0.874. The van der Waals surface area contributed by atoms with Gasteiger partial charge in [0, 0.05) is 26.2 Å². The Labute approximate surface area is 141 Å². The lowest BCUT2D eigenvalue weighted by Crippen LogP contribution is -2.54. The van der Waals surface area contributed by atoms with E-state index in [1.807, 2.05) is 13.2 Å². The third-order valence-corrected chi connectivity index (χ3v) is 4.74. The number of rotatable bonds is 5. The summed E-state index contributed by atoms with van der Waals surface area (Å²) in [5.41, 5.74) is 6.55. The van der Waals surface area contributed by atoms with Crippen molar-refractivity contribution in [2.75, 3.05) is 38.2 Å². The standard InChI is InChI=1S/C16H25N3O3S/c1-11-10-13(12(2)22-11)15(20)18-5-7-19(8-6-18)16(21)14(17)4-9-23-3/h10,14H,4-9,17H2,1-3H3/t14-/m0/s1. The van der Waals surface area contributed by atoms with E-state index in [-0.39, 0.29) is 11.8 Å². The van der Waals surface area contributed by atoms with Crippen LogP contribution in [0, 0.1) is 13.8 Å². The number of piperazine rings is 1. The monoisotopic (exact) mass is 339 g/mol. The van der Waals surface area contributed by atoms with Gasteiger partial charge in [-0.2, -0.15) is 11.8 Å². The Morgan fingerprint density at radius 1 is 1.26 bits per heavy atom. The van der Waals surface area contributed by atoms with E-state index in [4.69, 9.17) is 10.2 Å². The molecule has 128 valence electrons. The maximum absolute atomic E-state index is 12.5. The van der Waals surface area contributed by atoms with Crippen LogP contribution in [-0.4, -0.2) is 65.8 Å². The van der Waals surface area contributed by atoms with Crippen LogP contribution in [0.4, 0.5) is 0 Å². The minimum Gasteiger partial charge on any atom is -0.466 e. The maximum atomic E-state index is 12.5. The molecule has 1 aromatic rings. The average molecular weight is 339 g/mol. The zero-order valence-corrected chi connectivity index (χ0v) is 14.8. The van der Waals surface area contributed by atoms with Crippen molar-refractivity contribution < 1.29 is 14.0 Å². The van der Waals surface area contributed by atoms with Crippen LogP contribution in [-0.2, 0) is 4.79 Å². The normalized spacial score (nSPS) is 16.5. The second-order valence-corrected chi connectivity index (χ2v) is 6.82. The van der Waals surface area contributed by atoms with Crippen molar-refractivity contribution in [2.45, 2.75) is 26.3 Å². The summed E-state index contributed by atoms with van der Waals surface area (Å²) < 4.78 is 5.42. The van der Waals surface area contributed by atoms with E-state index in [9.17, 15) is 9.59 Å². The first-order valence-corrected chi connectivity index (χ1v) is 9.23. The molecule has 2 amide bonds. The molecule has 6 nitrogen and oxygen atoms in total. The minimum atomic E-state index is -0.441. The lowest BCUT2D eigenvalue weighted by Gasteiger charge is -2.35. The number of hydrogen-bond donors (Lipinski definition) is 1. The van der Waals surface area contributed by atoms with Crippen LogP contribution < -0.4 is 5.73 Å². The summed E-state index contributed by atoms with van der Waals surface area (Å²) in [6.07, 6.45) is 2.69. The molecular weight excluding hydrogens is 314 g/mol. The molecule has 1 fully saturated rings. The van der Waals surface area contributed by atoms with Gasteiger partial charge >= 0.3 is 0 Å². The Balaban J connectivity index is 1.89. The molecular formula is C16H25N3O3S. The van der Waals surface area contributed by atoms with Gasteiger partial charge in [0.05, 0.1) is 11.6 Å². The van der Waals surface area contributed by atoms with Crippen LogP contribution in [0.1, 0.15) is 28.3 Å². The van der Waals surface area contributed by atoms with Gasteiger partial charge in [0.2, 0.25) is 5.91 Å². The highest BCUT2D eigenvalue weighted by molar-refractivity contribution is 7.98. The summed E-state index contributed by atoms with van der Waals surface area (Å²) in [6, 6.07) is 1.33. The lowest BCUT2D eigenvalue weighted by molar-refractivity contribution is -0.134. The van der Waals surface area contributed by atoms with Gasteiger partial charge in [-0.05, 0) is 38.3 Å². The van der Waals surface area contributed by atoms with Gasteiger partial charge in [0.1, 0.15) is 11.5 Å². The van der Waals surface area contributed by atoms with Crippen LogP contribution in [0.15, 0.2) is 10.5 Å². The van der Waals surface area contributed by atoms with E-state index >= 15 is 0 Å². The first-order valence-electron chi connectivity index (χ1n) is 7.83. The molecule has 1 aromatic heterocycles. The second-order valence-electron chi connectivity index (χ2n) is 5.83. The molecule has 0 radical (unpaired) electrons. The number of nitrogens with two attached hydrogens (primary N) is 1. The fourth-order valence-corrected chi connectivity index (χ4v) is 3.24. The summed E-state index contributed by atoms with van der Waals surface area (Å²) in [6.45, 7) is 5.76. The lowest BCUT2D eigenvalue weighted by atomic mass is 10.1. The number of aryl methyl sites for hydroxylation is 2. The van der Waals surface area contributed by atoms with Crippen LogP contribution in [0.5, 0.6) is 0 Å². The molecule has 2 rings (SSSR count). The zero-order valence-electron chi connectivity index (χ0n) is 14.0. The number of carbonyl (C=O) groups excluding carboxylic acids is 2. The predicted octanol–water partition coefficient (Wildman–Crippen LogP) is 1.26. The molecule has 1 aliphatic heterocycles. The average Bonchev–Trinajstić information content (AvgIpc) is 2.89. The van der Waals surface area contributed by atoms with Crippen molar-refractivity contribution in [3.8, 4) is 0 Å². The smallest absolute Gasteiger partial charge is 0.257 e. The first-order chi connectivity index (χ1) is 10.9. The van der Waals surface area contributed by atoms with Gasteiger partial charge in [-0.3, -0.25) is 9.59 Å². The third kappa shape index (κ3) is 4.29. The molecule has 1 atom stereocenters. The third-order valence-electron chi connectivity index (χ3n) is 4.10. The molecule has 23 heavy (non-hydrogen) atoms. The summed E-state index contributed by atoms with van der Waals surface area (Å²) in [5, 5.41) is 0. The molecule has 0 unspecified atom stereocenters. The van der Waals surface area contributed by atoms with Crippen molar-refractivity contribution >= 4 is 23.6 Å². The maximum Gasteiger partial charge on any atom is 0.257 e. The molecule has 1 saturated heterocycles. The van der Waals surface area contributed by atoms with Gasteiger partial charge < -0.3 is 20.0 Å². The van der Waals surface area contributed by atoms with E-state index < -0.39 is 6.04 Å². The van der Waals surface area contributed by atoms with Gasteiger partial charge in [0.15, 0.2) is 0 Å². The number of hydrogen-bond acceptors (Lipinski definition) is 5. The van der Waals surface area contributed by atoms with Crippen LogP contribution in [0.3, 0.4) is 0 Å². The highest BCUT2D eigenvalue weighted by Gasteiger charge is 2.28. The fourth-order valence-electron chi connectivity index (χ4n) is 2.75. The zero-order chi connectivity index (χ0) is 17.0. The van der Waals surface area contributed by atoms with Crippen molar-refractivity contribution in [1.29, 1.82) is 0 Å². The largest absolute Gasteiger partial charge is 0.466 e. The van der Waals surface area contributed by atoms with E-state index in [0.717, 1.165) is 11.5 Å². The summed E-state index contributed by atoms with van der Waals surface area (Å²) in [5.74, 6) is 2.22. The van der Waals surface area contributed by atoms with Gasteiger partial charge in [-0.25, -0.2) is 0 Å². The molecule has 0 bridgehead atoms. The molecule has 0 aromatic carbocycles. The second kappa shape index (κ2) is 7.88. The van der Waals surface area contributed by atoms with Crippen LogP contribution in [0.25, 0.3) is 0 Å². The molecule has 0 saturated carbocycles. The summed E-state index contributed by atoms with van der Waals surface area (Å²) >= 11 is 1.69. The molecule has 2 heterocycles. The first kappa shape index (κ1) is 17.9. The summed E-state index contributed by atoms with van der Waals surface area (Å²) in [4.78, 5) is 28.3. The Kier molecular flexibility index (Phi) is 6.12. The van der Waals surface area contributed by atoms with E-state index in [1.54, 1.807) is 34.6 Å². The number of furan rings is 1. The fraction of sp³-hybridized carbons (Fsp3) is 0.625. The Morgan fingerprint density at radius 2 is 1.87 bits per heavy atom. The van der Waals surface area contributed by atoms with E-state index in [1.165, 1.54) is 0 Å². The summed E-state index contributed by atoms with van der Waals surface area (Å²) in [7, 11) is 0. The molecule has 7 heteroatoms. The molecule has 0 aliphatic carbocycles. The van der Waals surface area contributed by atoms with Crippen molar-refractivity contribution in [3.05, 3.63) is 23.2 Å². The van der Waals surface area contributed by atoms with Crippen LogP contribution >= 0.6 is 11.8 Å². The Hall–Kier alpha value is -1.47. The minimum absolute atomic E-state index is 0.0125. The highest BCUT2D eigenvalue weighted by Crippen LogP contribution is 2.17. The highest BCUT2D eigenvalue weighted by atomic mass is 32.2. The number of nitrogens with zero attached hydrogens (tertiary/aromatic N) is 2. The Morgan fingerprint density at radius 3 is 2.39 bits per heavy atom. The number of thioether (sulfide) groups is 1. The van der Waals surface area contributed by atoms with Crippen molar-refractivity contribution in [2.24, 2.45) is 5.73 Å². The molecule has 0 spiro atoms. The topological polar surface area (TPSA) is 79.8 Å².